The molecule has 0 saturated carbocycles. The van der Waals surface area contributed by atoms with Crippen LogP contribution in [-0.2, 0) is 0 Å². The van der Waals surface area contributed by atoms with Crippen molar-refractivity contribution in [3.05, 3.63) is 17.3 Å². The van der Waals surface area contributed by atoms with E-state index in [1.807, 2.05) is 13.8 Å². The molecular formula is C11H17ClN2O2. The number of hydrogen-bond donors (Lipinski definition) is 1. The highest BCUT2D eigenvalue weighted by Gasteiger charge is 2.18. The average molecular weight is 245 g/mol. The molecule has 16 heavy (non-hydrogen) atoms. The minimum Gasteiger partial charge on any atom is -0.436 e. The molecule has 1 heterocycles. The first-order valence-electron chi connectivity index (χ1n) is 5.29. The third-order valence-corrected chi connectivity index (χ3v) is 2.34. The Labute approximate surface area is 100 Å². The van der Waals surface area contributed by atoms with Crippen LogP contribution in [0.25, 0.3) is 0 Å². The summed E-state index contributed by atoms with van der Waals surface area (Å²) in [6, 6.07) is 0.0183. The number of carbonyl (C=O) groups is 1. The molecule has 0 aliphatic heterocycles. The first kappa shape index (κ1) is 13.0. The maximum absolute atomic E-state index is 11.8. The molecule has 0 aromatic carbocycles. The normalized spacial score (nSPS) is 14.6. The van der Waals surface area contributed by atoms with E-state index in [-0.39, 0.29) is 23.1 Å². The van der Waals surface area contributed by atoms with Crippen molar-refractivity contribution in [3.8, 4) is 0 Å². The third kappa shape index (κ3) is 3.52. The van der Waals surface area contributed by atoms with E-state index in [0.29, 0.717) is 11.6 Å². The van der Waals surface area contributed by atoms with Gasteiger partial charge in [0.05, 0.1) is 5.69 Å². The summed E-state index contributed by atoms with van der Waals surface area (Å²) in [7, 11) is 0. The molecule has 0 saturated heterocycles. The first-order valence-corrected chi connectivity index (χ1v) is 5.72. The van der Waals surface area contributed by atoms with Crippen LogP contribution in [0.3, 0.4) is 0 Å². The number of rotatable bonds is 4. The number of amides is 1. The van der Waals surface area contributed by atoms with Crippen LogP contribution in [0.5, 0.6) is 0 Å². The number of aryl methyl sites for hydroxylation is 2. The first-order chi connectivity index (χ1) is 7.40. The van der Waals surface area contributed by atoms with Crippen molar-refractivity contribution in [1.29, 1.82) is 0 Å². The fourth-order valence-electron chi connectivity index (χ4n) is 1.58. The maximum Gasteiger partial charge on any atom is 0.289 e. The van der Waals surface area contributed by atoms with Gasteiger partial charge in [0.1, 0.15) is 0 Å². The van der Waals surface area contributed by atoms with E-state index in [2.05, 4.69) is 10.3 Å². The third-order valence-electron chi connectivity index (χ3n) is 2.17. The largest absolute Gasteiger partial charge is 0.436 e. The summed E-state index contributed by atoms with van der Waals surface area (Å²) in [6.45, 7) is 7.28. The van der Waals surface area contributed by atoms with Crippen molar-refractivity contribution in [2.45, 2.75) is 45.5 Å². The van der Waals surface area contributed by atoms with Crippen LogP contribution in [-0.4, -0.2) is 22.3 Å². The van der Waals surface area contributed by atoms with E-state index in [4.69, 9.17) is 16.0 Å². The van der Waals surface area contributed by atoms with Gasteiger partial charge in [0.25, 0.3) is 5.91 Å². The highest BCUT2D eigenvalue weighted by Crippen LogP contribution is 2.10. The molecule has 1 aromatic heterocycles. The van der Waals surface area contributed by atoms with Gasteiger partial charge in [-0.3, -0.25) is 4.79 Å². The van der Waals surface area contributed by atoms with Gasteiger partial charge < -0.3 is 9.73 Å². The van der Waals surface area contributed by atoms with Gasteiger partial charge in [-0.1, -0.05) is 0 Å². The lowest BCUT2D eigenvalue weighted by molar-refractivity contribution is 0.0908. The van der Waals surface area contributed by atoms with Crippen molar-refractivity contribution in [2.75, 3.05) is 0 Å². The topological polar surface area (TPSA) is 55.1 Å². The van der Waals surface area contributed by atoms with Gasteiger partial charge in [0, 0.05) is 18.3 Å². The highest BCUT2D eigenvalue weighted by molar-refractivity contribution is 6.20. The molecule has 1 aromatic rings. The summed E-state index contributed by atoms with van der Waals surface area (Å²) >= 11 is 5.85. The molecule has 0 aliphatic rings. The van der Waals surface area contributed by atoms with Crippen LogP contribution < -0.4 is 5.32 Å². The lowest BCUT2D eigenvalue weighted by Gasteiger charge is -2.13. The Hall–Kier alpha value is -1.03. The van der Waals surface area contributed by atoms with E-state index in [0.717, 1.165) is 6.42 Å². The van der Waals surface area contributed by atoms with Crippen LogP contribution in [0, 0.1) is 13.8 Å². The Morgan fingerprint density at radius 1 is 1.50 bits per heavy atom. The van der Waals surface area contributed by atoms with Gasteiger partial charge in [-0.15, -0.1) is 11.6 Å². The van der Waals surface area contributed by atoms with Gasteiger partial charge >= 0.3 is 0 Å². The molecule has 0 radical (unpaired) electrons. The number of nitrogens with one attached hydrogen (secondary N) is 1. The summed E-state index contributed by atoms with van der Waals surface area (Å²) in [5, 5.41) is 2.86. The number of oxazole rings is 1. The zero-order valence-corrected chi connectivity index (χ0v) is 10.8. The molecule has 0 fully saturated rings. The Balaban J connectivity index is 2.62. The lowest BCUT2D eigenvalue weighted by Crippen LogP contribution is -2.34. The molecule has 4 nitrogen and oxygen atoms in total. The fourth-order valence-corrected chi connectivity index (χ4v) is 1.84. The predicted octanol–water partition coefficient (Wildman–Crippen LogP) is 2.43. The minimum absolute atomic E-state index is 0.0183. The number of aromatic nitrogens is 1. The van der Waals surface area contributed by atoms with Crippen LogP contribution in [0.1, 0.15) is 42.4 Å². The SMILES string of the molecule is Cc1nc(C)c(C(=O)NC(C)CC(C)Cl)o1. The van der Waals surface area contributed by atoms with Crippen molar-refractivity contribution < 1.29 is 9.21 Å². The van der Waals surface area contributed by atoms with Crippen molar-refractivity contribution in [3.63, 3.8) is 0 Å². The second-order valence-corrected chi connectivity index (χ2v) is 4.78. The van der Waals surface area contributed by atoms with E-state index in [1.54, 1.807) is 13.8 Å². The summed E-state index contributed by atoms with van der Waals surface area (Å²) in [5.74, 6) is 0.551. The molecule has 2 unspecified atom stereocenters. The second-order valence-electron chi connectivity index (χ2n) is 4.04. The van der Waals surface area contributed by atoms with Crippen LogP contribution in [0.4, 0.5) is 0 Å². The second kappa shape index (κ2) is 5.34. The van der Waals surface area contributed by atoms with Gasteiger partial charge in [0.15, 0.2) is 5.89 Å². The molecular weight excluding hydrogens is 228 g/mol. The molecule has 0 aliphatic carbocycles. The summed E-state index contributed by atoms with van der Waals surface area (Å²) < 4.78 is 5.23. The van der Waals surface area contributed by atoms with Crippen molar-refractivity contribution in [1.82, 2.24) is 10.3 Å². The van der Waals surface area contributed by atoms with E-state index >= 15 is 0 Å². The Morgan fingerprint density at radius 3 is 2.56 bits per heavy atom. The molecule has 1 amide bonds. The van der Waals surface area contributed by atoms with Gasteiger partial charge in [-0.05, 0) is 27.2 Å². The average Bonchev–Trinajstić information content (AvgIpc) is 2.43. The zero-order chi connectivity index (χ0) is 12.3. The highest BCUT2D eigenvalue weighted by atomic mass is 35.5. The van der Waals surface area contributed by atoms with Crippen LogP contribution >= 0.6 is 11.6 Å². The zero-order valence-electron chi connectivity index (χ0n) is 10.0. The fraction of sp³-hybridized carbons (Fsp3) is 0.636. The smallest absolute Gasteiger partial charge is 0.289 e. The number of alkyl halides is 1. The Kier molecular flexibility index (Phi) is 4.35. The monoisotopic (exact) mass is 244 g/mol. The molecule has 2 atom stereocenters. The summed E-state index contributed by atoms with van der Waals surface area (Å²) in [5.41, 5.74) is 0.612. The minimum atomic E-state index is -0.233. The number of hydrogen-bond acceptors (Lipinski definition) is 3. The lowest BCUT2D eigenvalue weighted by atomic mass is 10.2. The van der Waals surface area contributed by atoms with Crippen LogP contribution in [0.2, 0.25) is 0 Å². The van der Waals surface area contributed by atoms with Gasteiger partial charge in [-0.25, -0.2) is 4.98 Å². The van der Waals surface area contributed by atoms with E-state index in [9.17, 15) is 4.79 Å². The standard InChI is InChI=1S/C11H17ClN2O2/c1-6(12)5-7(2)13-11(15)10-8(3)14-9(4)16-10/h6-7H,5H2,1-4H3,(H,13,15). The van der Waals surface area contributed by atoms with Crippen LogP contribution in [0.15, 0.2) is 4.42 Å². The van der Waals surface area contributed by atoms with E-state index < -0.39 is 0 Å². The molecule has 5 heteroatoms. The van der Waals surface area contributed by atoms with Gasteiger partial charge in [0.2, 0.25) is 5.76 Å². The summed E-state index contributed by atoms with van der Waals surface area (Å²) in [4.78, 5) is 15.8. The molecule has 1 N–H and O–H groups in total. The molecule has 1 rings (SSSR count). The van der Waals surface area contributed by atoms with Crippen molar-refractivity contribution >= 4 is 17.5 Å². The van der Waals surface area contributed by atoms with E-state index in [1.165, 1.54) is 0 Å². The summed E-state index contributed by atoms with van der Waals surface area (Å²) in [6.07, 6.45) is 0.722. The Morgan fingerprint density at radius 2 is 2.12 bits per heavy atom. The number of carbonyl (C=O) groups excluding carboxylic acids is 1. The quantitative estimate of drug-likeness (QED) is 0.828. The van der Waals surface area contributed by atoms with Gasteiger partial charge in [-0.2, -0.15) is 0 Å². The molecule has 0 spiro atoms. The number of nitrogens with zero attached hydrogens (tertiary/aromatic N) is 1. The molecule has 0 bridgehead atoms. The Bertz CT molecular complexity index is 374. The predicted molar refractivity (Wildman–Crippen MR) is 62.8 cm³/mol. The van der Waals surface area contributed by atoms with Crippen molar-refractivity contribution in [2.24, 2.45) is 0 Å². The molecule has 90 valence electrons. The maximum atomic E-state index is 11.8. The number of halogens is 1.